The number of ether oxygens (including phenoxy) is 2. The molecule has 2 N–H and O–H groups in total. The number of rotatable bonds is 6. The fourth-order valence-electron chi connectivity index (χ4n) is 4.58. The Hall–Kier alpha value is -3.30. The minimum absolute atomic E-state index is 0.248. The average molecular weight is 444 g/mol. The molecule has 0 radical (unpaired) electrons. The van der Waals surface area contributed by atoms with Crippen LogP contribution in [-0.2, 0) is 16.0 Å². The van der Waals surface area contributed by atoms with Gasteiger partial charge in [-0.1, -0.05) is 65.8 Å². The Bertz CT molecular complexity index is 1210. The molecule has 8 nitrogen and oxygen atoms in total. The van der Waals surface area contributed by atoms with Crippen molar-refractivity contribution in [2.24, 2.45) is 0 Å². The van der Waals surface area contributed by atoms with Crippen molar-refractivity contribution in [2.45, 2.75) is 37.1 Å². The molecule has 33 heavy (non-hydrogen) atoms. The quantitative estimate of drug-likeness (QED) is 0.472. The Labute approximate surface area is 190 Å². The van der Waals surface area contributed by atoms with Gasteiger partial charge in [0.05, 0.1) is 31.5 Å². The van der Waals surface area contributed by atoms with Gasteiger partial charge in [-0.15, -0.1) is 0 Å². The van der Waals surface area contributed by atoms with Gasteiger partial charge in [0, 0.05) is 23.4 Å². The molecule has 5 unspecified atom stereocenters. The predicted molar refractivity (Wildman–Crippen MR) is 120 cm³/mol. The maximum absolute atomic E-state index is 11.3. The van der Waals surface area contributed by atoms with E-state index in [2.05, 4.69) is 15.6 Å². The lowest BCUT2D eigenvalue weighted by Crippen LogP contribution is -2.57. The molecule has 2 aliphatic heterocycles. The van der Waals surface area contributed by atoms with Gasteiger partial charge >= 0.3 is 0 Å². The second-order valence-electron chi connectivity index (χ2n) is 8.38. The molecule has 2 aromatic carbocycles. The van der Waals surface area contributed by atoms with E-state index in [-0.39, 0.29) is 12.1 Å². The first-order valence-electron chi connectivity index (χ1n) is 11.1. The standard InChI is InChI=1S/C25H24N4O4/c30-24-22(26-13-19-11-20(28-33-19)17-9-5-2-6-10-17)21-15-31-25(32-21)23(24)29-14-18(12-27-29)16-7-3-1-4-8-16/h1-12,14,21-26,30H,13,15H2. The summed E-state index contributed by atoms with van der Waals surface area (Å²) in [5.74, 6) is 0.684. The summed E-state index contributed by atoms with van der Waals surface area (Å²) in [6.45, 7) is 0.821. The van der Waals surface area contributed by atoms with Crippen LogP contribution in [0.2, 0.25) is 0 Å². The molecule has 0 aliphatic carbocycles. The summed E-state index contributed by atoms with van der Waals surface area (Å²) < 4.78 is 19.2. The van der Waals surface area contributed by atoms with Gasteiger partial charge in [0.2, 0.25) is 0 Å². The molecule has 2 bridgehead atoms. The van der Waals surface area contributed by atoms with Gasteiger partial charge < -0.3 is 24.4 Å². The lowest BCUT2D eigenvalue weighted by Gasteiger charge is -2.38. The molecule has 2 aliphatic rings. The molecule has 4 heterocycles. The summed E-state index contributed by atoms with van der Waals surface area (Å²) in [6.07, 6.45) is 2.18. The van der Waals surface area contributed by atoms with Crippen molar-refractivity contribution in [3.05, 3.63) is 84.9 Å². The molecule has 0 spiro atoms. The molecule has 168 valence electrons. The average Bonchev–Trinajstić information content (AvgIpc) is 3.62. The lowest BCUT2D eigenvalue weighted by molar-refractivity contribution is -0.168. The number of nitrogens with one attached hydrogen (secondary N) is 1. The Kier molecular flexibility index (Phi) is 5.27. The van der Waals surface area contributed by atoms with Gasteiger partial charge in [-0.05, 0) is 5.56 Å². The first-order valence-corrected chi connectivity index (χ1v) is 11.1. The van der Waals surface area contributed by atoms with Crippen LogP contribution in [0.3, 0.4) is 0 Å². The number of benzene rings is 2. The molecule has 8 heteroatoms. The van der Waals surface area contributed by atoms with Gasteiger partial charge in [-0.25, -0.2) is 0 Å². The van der Waals surface area contributed by atoms with Crippen molar-refractivity contribution in [2.75, 3.05) is 6.61 Å². The van der Waals surface area contributed by atoms with Crippen molar-refractivity contribution in [3.63, 3.8) is 0 Å². The van der Waals surface area contributed by atoms with Crippen LogP contribution in [0.5, 0.6) is 0 Å². The maximum atomic E-state index is 11.3. The zero-order chi connectivity index (χ0) is 22.2. The van der Waals surface area contributed by atoms with E-state index in [0.717, 1.165) is 22.4 Å². The number of fused-ring (bicyclic) bond motifs is 2. The minimum atomic E-state index is -0.753. The highest BCUT2D eigenvalue weighted by atomic mass is 16.7. The maximum Gasteiger partial charge on any atom is 0.183 e. The summed E-state index contributed by atoms with van der Waals surface area (Å²) in [5, 5.41) is 23.3. The van der Waals surface area contributed by atoms with Gasteiger partial charge in [0.1, 0.15) is 17.8 Å². The van der Waals surface area contributed by atoms with Crippen LogP contribution in [0.25, 0.3) is 22.4 Å². The van der Waals surface area contributed by atoms with E-state index in [1.807, 2.05) is 72.9 Å². The molecule has 0 saturated carbocycles. The van der Waals surface area contributed by atoms with Crippen LogP contribution >= 0.6 is 0 Å². The number of hydrogen-bond acceptors (Lipinski definition) is 7. The van der Waals surface area contributed by atoms with E-state index >= 15 is 0 Å². The predicted octanol–water partition coefficient (Wildman–Crippen LogP) is 3.02. The highest BCUT2D eigenvalue weighted by Gasteiger charge is 2.51. The van der Waals surface area contributed by atoms with Crippen molar-refractivity contribution < 1.29 is 19.1 Å². The zero-order valence-corrected chi connectivity index (χ0v) is 17.8. The fraction of sp³-hybridized carbons (Fsp3) is 0.280. The zero-order valence-electron chi connectivity index (χ0n) is 17.8. The van der Waals surface area contributed by atoms with Crippen LogP contribution in [0.15, 0.2) is 83.6 Å². The third kappa shape index (κ3) is 3.87. The lowest BCUT2D eigenvalue weighted by atomic mass is 9.96. The van der Waals surface area contributed by atoms with E-state index < -0.39 is 18.4 Å². The minimum Gasteiger partial charge on any atom is -0.389 e. The van der Waals surface area contributed by atoms with Crippen LogP contribution < -0.4 is 5.32 Å². The highest BCUT2D eigenvalue weighted by molar-refractivity contribution is 5.61. The summed E-state index contributed by atoms with van der Waals surface area (Å²) in [4.78, 5) is 0. The van der Waals surface area contributed by atoms with Gasteiger partial charge in [-0.2, -0.15) is 5.10 Å². The smallest absolute Gasteiger partial charge is 0.183 e. The SMILES string of the molecule is OC1C(NCc2cc(-c3ccccc3)no2)C2COC(O2)C1n1cc(-c2ccccc2)cn1. The van der Waals surface area contributed by atoms with Gasteiger partial charge in [0.15, 0.2) is 12.1 Å². The van der Waals surface area contributed by atoms with E-state index in [9.17, 15) is 5.11 Å². The summed E-state index contributed by atoms with van der Waals surface area (Å²) >= 11 is 0. The van der Waals surface area contributed by atoms with Crippen LogP contribution in [0, 0.1) is 0 Å². The molecule has 0 amide bonds. The third-order valence-corrected chi connectivity index (χ3v) is 6.29. The topological polar surface area (TPSA) is 94.6 Å². The number of hydrogen-bond donors (Lipinski definition) is 2. The molecule has 2 aromatic heterocycles. The Morgan fingerprint density at radius 2 is 1.76 bits per heavy atom. The number of aromatic nitrogens is 3. The highest BCUT2D eigenvalue weighted by Crippen LogP contribution is 2.36. The molecule has 6 rings (SSSR count). The fourth-order valence-corrected chi connectivity index (χ4v) is 4.58. The van der Waals surface area contributed by atoms with E-state index in [4.69, 9.17) is 14.0 Å². The Morgan fingerprint density at radius 3 is 2.55 bits per heavy atom. The molecule has 2 saturated heterocycles. The monoisotopic (exact) mass is 444 g/mol. The van der Waals surface area contributed by atoms with Crippen molar-refractivity contribution in [1.82, 2.24) is 20.3 Å². The first-order chi connectivity index (χ1) is 16.3. The van der Waals surface area contributed by atoms with Crippen molar-refractivity contribution >= 4 is 0 Å². The van der Waals surface area contributed by atoms with Crippen LogP contribution in [0.4, 0.5) is 0 Å². The Morgan fingerprint density at radius 1 is 1.00 bits per heavy atom. The number of nitrogens with zero attached hydrogens (tertiary/aromatic N) is 3. The van der Waals surface area contributed by atoms with Crippen molar-refractivity contribution in [1.29, 1.82) is 0 Å². The van der Waals surface area contributed by atoms with Crippen LogP contribution in [0.1, 0.15) is 11.8 Å². The normalized spacial score (nSPS) is 26.5. The van der Waals surface area contributed by atoms with E-state index in [1.54, 1.807) is 10.9 Å². The Balaban J connectivity index is 1.18. The van der Waals surface area contributed by atoms with Crippen LogP contribution in [-0.4, -0.2) is 51.2 Å². The van der Waals surface area contributed by atoms with E-state index in [1.165, 1.54) is 0 Å². The second-order valence-corrected chi connectivity index (χ2v) is 8.38. The van der Waals surface area contributed by atoms with E-state index in [0.29, 0.717) is 18.9 Å². The number of aliphatic hydroxyl groups is 1. The molecular formula is C25H24N4O4. The third-order valence-electron chi connectivity index (χ3n) is 6.29. The largest absolute Gasteiger partial charge is 0.389 e. The second kappa shape index (κ2) is 8.57. The summed E-state index contributed by atoms with van der Waals surface area (Å²) in [5.41, 5.74) is 3.81. The van der Waals surface area contributed by atoms with Gasteiger partial charge in [0.25, 0.3) is 0 Å². The summed E-state index contributed by atoms with van der Waals surface area (Å²) in [6, 6.07) is 21.0. The molecular weight excluding hydrogens is 420 g/mol. The number of aliphatic hydroxyl groups excluding tert-OH is 1. The summed E-state index contributed by atoms with van der Waals surface area (Å²) in [7, 11) is 0. The molecule has 5 atom stereocenters. The van der Waals surface area contributed by atoms with Crippen molar-refractivity contribution in [3.8, 4) is 22.4 Å². The molecule has 2 fully saturated rings. The first kappa shape index (κ1) is 20.3. The van der Waals surface area contributed by atoms with Gasteiger partial charge in [-0.3, -0.25) is 4.68 Å². The molecule has 4 aromatic rings.